The highest BCUT2D eigenvalue weighted by Gasteiger charge is 2.28. The molecule has 3 rings (SSSR count). The molecule has 0 aromatic carbocycles. The van der Waals surface area contributed by atoms with E-state index in [1.807, 2.05) is 19.1 Å². The summed E-state index contributed by atoms with van der Waals surface area (Å²) in [5.41, 5.74) is 2.50. The van der Waals surface area contributed by atoms with E-state index in [-0.39, 0.29) is 0 Å². The quantitative estimate of drug-likeness (QED) is 0.793. The number of nitrogens with one attached hydrogen (secondary N) is 1. The van der Waals surface area contributed by atoms with Gasteiger partial charge in [-0.3, -0.25) is 0 Å². The molecule has 1 aliphatic rings. The molecule has 4 heteroatoms. The Morgan fingerprint density at radius 2 is 2.25 bits per heavy atom. The van der Waals surface area contributed by atoms with E-state index >= 15 is 0 Å². The van der Waals surface area contributed by atoms with Gasteiger partial charge < -0.3 is 9.73 Å². The molecule has 4 nitrogen and oxygen atoms in total. The van der Waals surface area contributed by atoms with Crippen LogP contribution in [0.25, 0.3) is 11.2 Å². The minimum Gasteiger partial charge on any atom is -0.439 e. The second kappa shape index (κ2) is 3.56. The zero-order chi connectivity index (χ0) is 11.1. The van der Waals surface area contributed by atoms with Gasteiger partial charge in [0.1, 0.15) is 0 Å². The van der Waals surface area contributed by atoms with E-state index in [1.54, 1.807) is 0 Å². The van der Waals surface area contributed by atoms with Crippen LogP contribution in [0, 0.1) is 6.92 Å². The molecular formula is C12H15N3O. The summed E-state index contributed by atoms with van der Waals surface area (Å²) in [4.78, 5) is 8.86. The van der Waals surface area contributed by atoms with Crippen molar-refractivity contribution in [3.63, 3.8) is 0 Å². The molecule has 0 saturated carbocycles. The van der Waals surface area contributed by atoms with Gasteiger partial charge in [0.05, 0.1) is 5.92 Å². The fraction of sp³-hybridized carbons (Fsp3) is 0.500. The largest absolute Gasteiger partial charge is 0.439 e. The van der Waals surface area contributed by atoms with Crippen LogP contribution in [0.5, 0.6) is 0 Å². The second-order valence-electron chi connectivity index (χ2n) is 4.46. The van der Waals surface area contributed by atoms with Crippen LogP contribution in [0.15, 0.2) is 16.5 Å². The van der Waals surface area contributed by atoms with Gasteiger partial charge in [-0.05, 0) is 38.9 Å². The highest BCUT2D eigenvalue weighted by Crippen LogP contribution is 2.28. The number of pyridine rings is 1. The molecule has 84 valence electrons. The minimum absolute atomic E-state index is 0.384. The van der Waals surface area contributed by atoms with E-state index in [9.17, 15) is 0 Å². The van der Waals surface area contributed by atoms with Crippen molar-refractivity contribution in [2.24, 2.45) is 0 Å². The smallest absolute Gasteiger partial charge is 0.201 e. The SMILES string of the molecule is Cc1ccc2oc(C3CCNC3C)nc2n1. The first-order valence-corrected chi connectivity index (χ1v) is 5.71. The van der Waals surface area contributed by atoms with Gasteiger partial charge in [0.15, 0.2) is 11.2 Å². The number of aromatic nitrogens is 2. The lowest BCUT2D eigenvalue weighted by atomic mass is 10.0. The Kier molecular flexibility index (Phi) is 2.17. The molecule has 3 heterocycles. The van der Waals surface area contributed by atoms with Gasteiger partial charge in [-0.15, -0.1) is 0 Å². The number of nitrogens with zero attached hydrogens (tertiary/aromatic N) is 2. The molecule has 2 aromatic rings. The van der Waals surface area contributed by atoms with Crippen molar-refractivity contribution in [3.8, 4) is 0 Å². The van der Waals surface area contributed by atoms with E-state index in [1.165, 1.54) is 0 Å². The number of aryl methyl sites for hydroxylation is 1. The average molecular weight is 217 g/mol. The number of fused-ring (bicyclic) bond motifs is 1. The van der Waals surface area contributed by atoms with Crippen molar-refractivity contribution in [2.75, 3.05) is 6.54 Å². The summed E-state index contributed by atoms with van der Waals surface area (Å²) in [6.07, 6.45) is 1.09. The summed E-state index contributed by atoms with van der Waals surface area (Å²) in [6.45, 7) is 5.18. The highest BCUT2D eigenvalue weighted by atomic mass is 16.3. The van der Waals surface area contributed by atoms with Crippen molar-refractivity contribution in [1.29, 1.82) is 0 Å². The van der Waals surface area contributed by atoms with Crippen LogP contribution in [0.3, 0.4) is 0 Å². The van der Waals surface area contributed by atoms with Crippen molar-refractivity contribution in [2.45, 2.75) is 32.2 Å². The number of hydrogen-bond acceptors (Lipinski definition) is 4. The molecule has 1 aliphatic heterocycles. The van der Waals surface area contributed by atoms with Crippen molar-refractivity contribution >= 4 is 11.2 Å². The standard InChI is InChI=1S/C12H15N3O/c1-7-3-4-10-11(14-7)15-12(16-10)9-5-6-13-8(9)2/h3-4,8-9,13H,5-6H2,1-2H3. The maximum atomic E-state index is 5.76. The Labute approximate surface area is 94.1 Å². The Morgan fingerprint density at radius 1 is 1.38 bits per heavy atom. The van der Waals surface area contributed by atoms with Crippen LogP contribution in [-0.2, 0) is 0 Å². The molecule has 2 aromatic heterocycles. The van der Waals surface area contributed by atoms with Crippen LogP contribution < -0.4 is 5.32 Å². The molecular weight excluding hydrogens is 202 g/mol. The van der Waals surface area contributed by atoms with E-state index in [0.29, 0.717) is 12.0 Å². The zero-order valence-corrected chi connectivity index (χ0v) is 9.53. The molecule has 0 spiro atoms. The van der Waals surface area contributed by atoms with Gasteiger partial charge >= 0.3 is 0 Å². The average Bonchev–Trinajstić information content (AvgIpc) is 2.82. The summed E-state index contributed by atoms with van der Waals surface area (Å²) in [5, 5.41) is 3.40. The van der Waals surface area contributed by atoms with Gasteiger partial charge in [0.25, 0.3) is 0 Å². The Morgan fingerprint density at radius 3 is 3.00 bits per heavy atom. The predicted octanol–water partition coefficient (Wildman–Crippen LogP) is 2.00. The first-order valence-electron chi connectivity index (χ1n) is 5.71. The van der Waals surface area contributed by atoms with Gasteiger partial charge in [-0.1, -0.05) is 0 Å². The van der Waals surface area contributed by atoms with Crippen LogP contribution in [0.1, 0.15) is 30.8 Å². The molecule has 0 radical (unpaired) electrons. The lowest BCUT2D eigenvalue weighted by Gasteiger charge is -2.09. The van der Waals surface area contributed by atoms with Crippen LogP contribution in [-0.4, -0.2) is 22.6 Å². The third-order valence-electron chi connectivity index (χ3n) is 3.25. The monoisotopic (exact) mass is 217 g/mol. The van der Waals surface area contributed by atoms with E-state index in [4.69, 9.17) is 4.42 Å². The molecule has 0 amide bonds. The molecule has 2 unspecified atom stereocenters. The minimum atomic E-state index is 0.384. The third-order valence-corrected chi connectivity index (χ3v) is 3.25. The van der Waals surface area contributed by atoms with Crippen molar-refractivity contribution in [3.05, 3.63) is 23.7 Å². The van der Waals surface area contributed by atoms with Gasteiger partial charge in [0.2, 0.25) is 5.89 Å². The Balaban J connectivity index is 2.04. The lowest BCUT2D eigenvalue weighted by Crippen LogP contribution is -2.21. The molecule has 1 saturated heterocycles. The summed E-state index contributed by atoms with van der Waals surface area (Å²) in [6, 6.07) is 4.34. The van der Waals surface area contributed by atoms with E-state index in [0.717, 1.165) is 35.8 Å². The first kappa shape index (κ1) is 9.78. The maximum Gasteiger partial charge on any atom is 0.201 e. The van der Waals surface area contributed by atoms with Gasteiger partial charge in [-0.25, -0.2) is 4.98 Å². The maximum absolute atomic E-state index is 5.76. The first-order chi connectivity index (χ1) is 7.74. The molecule has 1 fully saturated rings. The number of hydrogen-bond donors (Lipinski definition) is 1. The second-order valence-corrected chi connectivity index (χ2v) is 4.46. The third kappa shape index (κ3) is 1.50. The molecule has 2 atom stereocenters. The summed E-state index contributed by atoms with van der Waals surface area (Å²) >= 11 is 0. The fourth-order valence-corrected chi connectivity index (χ4v) is 2.28. The normalized spacial score (nSPS) is 25.4. The van der Waals surface area contributed by atoms with Gasteiger partial charge in [0, 0.05) is 11.7 Å². The number of rotatable bonds is 1. The predicted molar refractivity (Wildman–Crippen MR) is 61.4 cm³/mol. The molecule has 0 aliphatic carbocycles. The Hall–Kier alpha value is -1.42. The van der Waals surface area contributed by atoms with E-state index < -0.39 is 0 Å². The molecule has 16 heavy (non-hydrogen) atoms. The van der Waals surface area contributed by atoms with Crippen molar-refractivity contribution in [1.82, 2.24) is 15.3 Å². The molecule has 1 N–H and O–H groups in total. The van der Waals surface area contributed by atoms with Crippen LogP contribution in [0.2, 0.25) is 0 Å². The van der Waals surface area contributed by atoms with Gasteiger partial charge in [-0.2, -0.15) is 4.98 Å². The Bertz CT molecular complexity index is 520. The number of oxazole rings is 1. The summed E-state index contributed by atoms with van der Waals surface area (Å²) in [5.74, 6) is 1.21. The summed E-state index contributed by atoms with van der Waals surface area (Å²) < 4.78 is 5.76. The zero-order valence-electron chi connectivity index (χ0n) is 9.53. The fourth-order valence-electron chi connectivity index (χ4n) is 2.28. The highest BCUT2D eigenvalue weighted by molar-refractivity contribution is 5.67. The van der Waals surface area contributed by atoms with E-state index in [2.05, 4.69) is 22.2 Å². The molecule has 0 bridgehead atoms. The van der Waals surface area contributed by atoms with Crippen LogP contribution in [0.4, 0.5) is 0 Å². The van der Waals surface area contributed by atoms with Crippen molar-refractivity contribution < 1.29 is 4.42 Å². The lowest BCUT2D eigenvalue weighted by molar-refractivity contribution is 0.447. The van der Waals surface area contributed by atoms with Crippen LogP contribution >= 0.6 is 0 Å². The topological polar surface area (TPSA) is 51.0 Å². The summed E-state index contributed by atoms with van der Waals surface area (Å²) in [7, 11) is 0.